The molecule has 3 N–H and O–H groups in total. The van der Waals surface area contributed by atoms with Crippen molar-refractivity contribution < 1.29 is 24.1 Å². The Kier molecular flexibility index (Phi) is 4.62. The third kappa shape index (κ3) is 3.39. The number of anilines is 1. The monoisotopic (exact) mass is 414 g/mol. The summed E-state index contributed by atoms with van der Waals surface area (Å²) < 4.78 is 16.0. The molecule has 7 heteroatoms. The second-order valence-corrected chi connectivity index (χ2v) is 6.98. The van der Waals surface area contributed by atoms with Crippen molar-refractivity contribution in [2.24, 2.45) is 0 Å². The summed E-state index contributed by atoms with van der Waals surface area (Å²) in [5.74, 6) is 7.52. The van der Waals surface area contributed by atoms with Crippen molar-refractivity contribution in [3.8, 4) is 29.1 Å². The fourth-order valence-electron chi connectivity index (χ4n) is 3.61. The fourth-order valence-corrected chi connectivity index (χ4v) is 3.61. The number of aromatic amines is 1. The van der Waals surface area contributed by atoms with Gasteiger partial charge in [-0.1, -0.05) is 24.0 Å². The smallest absolute Gasteiger partial charge is 0.256 e. The van der Waals surface area contributed by atoms with E-state index in [9.17, 15) is 9.90 Å². The molecule has 0 saturated heterocycles. The summed E-state index contributed by atoms with van der Waals surface area (Å²) in [5, 5.41) is 13.4. The molecule has 0 bridgehead atoms. The molecule has 1 unspecified atom stereocenters. The van der Waals surface area contributed by atoms with E-state index in [-0.39, 0.29) is 12.7 Å². The molecule has 1 amide bonds. The van der Waals surface area contributed by atoms with Gasteiger partial charge >= 0.3 is 0 Å². The molecule has 2 aliphatic rings. The van der Waals surface area contributed by atoms with Crippen molar-refractivity contribution in [3.05, 3.63) is 71.0 Å². The number of hydrogen-bond acceptors (Lipinski definition) is 5. The minimum atomic E-state index is -1.02. The van der Waals surface area contributed by atoms with Crippen LogP contribution in [0.4, 0.5) is 5.69 Å². The Labute approximate surface area is 178 Å². The van der Waals surface area contributed by atoms with Crippen molar-refractivity contribution >= 4 is 23.2 Å². The molecule has 3 aromatic rings. The molecular weight excluding hydrogens is 396 g/mol. The average Bonchev–Trinajstić information content (AvgIpc) is 3.50. The molecule has 31 heavy (non-hydrogen) atoms. The molecule has 0 radical (unpaired) electrons. The van der Waals surface area contributed by atoms with Crippen molar-refractivity contribution in [2.45, 2.75) is 6.10 Å². The van der Waals surface area contributed by atoms with Crippen LogP contribution in [0.5, 0.6) is 17.2 Å². The van der Waals surface area contributed by atoms with E-state index in [1.165, 1.54) is 0 Å². The summed E-state index contributed by atoms with van der Waals surface area (Å²) in [6, 6.07) is 12.4. The van der Waals surface area contributed by atoms with Crippen LogP contribution in [-0.4, -0.2) is 29.9 Å². The zero-order valence-corrected chi connectivity index (χ0v) is 16.6. The van der Waals surface area contributed by atoms with Gasteiger partial charge in [0.2, 0.25) is 6.79 Å². The highest BCUT2D eigenvalue weighted by Gasteiger charge is 2.27. The number of carbonyl (C=O) groups excluding carboxylic acids is 1. The summed E-state index contributed by atoms with van der Waals surface area (Å²) in [6.45, 7) is 0.165. The number of ether oxygens (including phenoxy) is 3. The highest BCUT2D eigenvalue weighted by Crippen LogP contribution is 2.37. The second kappa shape index (κ2) is 7.59. The lowest BCUT2D eigenvalue weighted by Gasteiger charge is -2.06. The molecule has 154 valence electrons. The predicted octanol–water partition coefficient (Wildman–Crippen LogP) is 3.33. The number of amides is 1. The van der Waals surface area contributed by atoms with E-state index < -0.39 is 6.10 Å². The molecule has 1 aromatic heterocycles. The third-order valence-electron chi connectivity index (χ3n) is 5.13. The van der Waals surface area contributed by atoms with Gasteiger partial charge in [-0.15, -0.1) is 0 Å². The lowest BCUT2D eigenvalue weighted by atomic mass is 9.99. The van der Waals surface area contributed by atoms with Crippen molar-refractivity contribution in [1.29, 1.82) is 0 Å². The van der Waals surface area contributed by atoms with Gasteiger partial charge < -0.3 is 29.6 Å². The van der Waals surface area contributed by atoms with Gasteiger partial charge in [0.1, 0.15) is 11.9 Å². The van der Waals surface area contributed by atoms with Crippen LogP contribution in [0.2, 0.25) is 0 Å². The van der Waals surface area contributed by atoms with E-state index in [2.05, 4.69) is 22.1 Å². The molecule has 3 heterocycles. The largest absolute Gasteiger partial charge is 0.495 e. The molecule has 1 atom stereocenters. The third-order valence-corrected chi connectivity index (χ3v) is 5.13. The predicted molar refractivity (Wildman–Crippen MR) is 115 cm³/mol. The summed E-state index contributed by atoms with van der Waals surface area (Å²) in [6.07, 6.45) is 2.46. The first-order valence-electron chi connectivity index (χ1n) is 9.61. The number of methoxy groups -OCH3 is 1. The molecule has 0 fully saturated rings. The number of nitrogens with one attached hydrogen (secondary N) is 2. The van der Waals surface area contributed by atoms with Gasteiger partial charge in [-0.05, 0) is 42.0 Å². The van der Waals surface area contributed by atoms with Crippen LogP contribution in [0.15, 0.2) is 48.7 Å². The fraction of sp³-hybridized carbons (Fsp3) is 0.125. The average molecular weight is 414 g/mol. The number of rotatable bonds is 3. The maximum absolute atomic E-state index is 12.6. The Hall–Kier alpha value is -4.15. The van der Waals surface area contributed by atoms with Crippen molar-refractivity contribution in [2.75, 3.05) is 19.2 Å². The van der Waals surface area contributed by atoms with E-state index in [0.29, 0.717) is 50.9 Å². The van der Waals surface area contributed by atoms with Crippen LogP contribution >= 0.6 is 0 Å². The standard InChI is InChI=1S/C24H18N2O5/c1-29-20-9-10-25-18(20)12-16-23-14(3-2-4-17(23)26-24(16)28)5-7-19(27)15-6-8-21-22(11-15)31-13-30-21/h2-4,6,8-12,19,25,27H,13H2,1H3,(H,26,28). The van der Waals surface area contributed by atoms with Gasteiger partial charge in [-0.25, -0.2) is 0 Å². The summed E-state index contributed by atoms with van der Waals surface area (Å²) >= 11 is 0. The zero-order chi connectivity index (χ0) is 21.4. The summed E-state index contributed by atoms with van der Waals surface area (Å²) in [4.78, 5) is 15.7. The molecule has 0 saturated carbocycles. The van der Waals surface area contributed by atoms with E-state index in [1.54, 1.807) is 43.6 Å². The van der Waals surface area contributed by atoms with Gasteiger partial charge in [0.05, 0.1) is 24.1 Å². The first kappa shape index (κ1) is 18.9. The molecule has 0 spiro atoms. The van der Waals surface area contributed by atoms with Crippen LogP contribution < -0.4 is 19.5 Å². The van der Waals surface area contributed by atoms with Crippen LogP contribution in [0.3, 0.4) is 0 Å². The van der Waals surface area contributed by atoms with E-state index in [0.717, 1.165) is 0 Å². The lowest BCUT2D eigenvalue weighted by Crippen LogP contribution is -2.03. The van der Waals surface area contributed by atoms with Crippen LogP contribution in [0.25, 0.3) is 11.6 Å². The number of benzene rings is 2. The lowest BCUT2D eigenvalue weighted by molar-refractivity contribution is -0.110. The van der Waals surface area contributed by atoms with Crippen LogP contribution in [0, 0.1) is 11.8 Å². The first-order valence-corrected chi connectivity index (χ1v) is 9.61. The highest BCUT2D eigenvalue weighted by atomic mass is 16.7. The second-order valence-electron chi connectivity index (χ2n) is 6.98. The van der Waals surface area contributed by atoms with Gasteiger partial charge in [-0.2, -0.15) is 0 Å². The number of hydrogen-bond donors (Lipinski definition) is 3. The number of aliphatic hydroxyl groups is 1. The van der Waals surface area contributed by atoms with Gasteiger partial charge in [-0.3, -0.25) is 4.79 Å². The van der Waals surface area contributed by atoms with E-state index in [4.69, 9.17) is 14.2 Å². The minimum Gasteiger partial charge on any atom is -0.495 e. The Morgan fingerprint density at radius 1 is 1.19 bits per heavy atom. The number of aromatic nitrogens is 1. The molecule has 2 aromatic carbocycles. The molecular formula is C24H18N2O5. The molecule has 7 nitrogen and oxygen atoms in total. The molecule has 5 rings (SSSR count). The topological polar surface area (TPSA) is 92.8 Å². The maximum atomic E-state index is 12.6. The summed E-state index contributed by atoms with van der Waals surface area (Å²) in [5.41, 5.74) is 3.75. The Balaban J connectivity index is 1.51. The van der Waals surface area contributed by atoms with Gasteiger partial charge in [0.25, 0.3) is 5.91 Å². The van der Waals surface area contributed by atoms with Gasteiger partial charge in [0.15, 0.2) is 11.5 Å². The Morgan fingerprint density at radius 2 is 2.06 bits per heavy atom. The Bertz CT molecular complexity index is 1280. The SMILES string of the molecule is COc1cc[nH]c1C=C1C(=O)Nc2cccc(C#CC(O)c3ccc4c(c3)OCO4)c21. The van der Waals surface area contributed by atoms with Crippen LogP contribution in [0.1, 0.15) is 28.5 Å². The number of aliphatic hydroxyl groups excluding tert-OH is 1. The molecule has 0 aliphatic carbocycles. The van der Waals surface area contributed by atoms with E-state index >= 15 is 0 Å². The zero-order valence-electron chi connectivity index (χ0n) is 16.6. The van der Waals surface area contributed by atoms with Gasteiger partial charge in [0, 0.05) is 17.3 Å². The van der Waals surface area contributed by atoms with E-state index in [1.807, 2.05) is 18.2 Å². The summed E-state index contributed by atoms with van der Waals surface area (Å²) in [7, 11) is 1.57. The minimum absolute atomic E-state index is 0.165. The Morgan fingerprint density at radius 3 is 2.94 bits per heavy atom. The maximum Gasteiger partial charge on any atom is 0.256 e. The first-order chi connectivity index (χ1) is 15.1. The normalized spacial score (nSPS) is 15.8. The quantitative estimate of drug-likeness (QED) is 0.452. The highest BCUT2D eigenvalue weighted by molar-refractivity contribution is 6.35. The number of H-pyrrole nitrogens is 1. The number of fused-ring (bicyclic) bond motifs is 2. The van der Waals surface area contributed by atoms with Crippen LogP contribution in [-0.2, 0) is 4.79 Å². The molecule has 2 aliphatic heterocycles. The van der Waals surface area contributed by atoms with Crippen molar-refractivity contribution in [1.82, 2.24) is 4.98 Å². The van der Waals surface area contributed by atoms with Crippen molar-refractivity contribution in [3.63, 3.8) is 0 Å². The number of carbonyl (C=O) groups is 1.